The molecule has 8 heteroatoms. The summed E-state index contributed by atoms with van der Waals surface area (Å²) in [4.78, 5) is 47.1. The lowest BCUT2D eigenvalue weighted by molar-refractivity contribution is -0.134. The van der Waals surface area contributed by atoms with Crippen LogP contribution in [-0.2, 0) is 9.59 Å². The largest absolute Gasteiger partial charge is 0.427 e. The van der Waals surface area contributed by atoms with E-state index in [9.17, 15) is 19.2 Å². The molecule has 0 amide bonds. The Kier molecular flexibility index (Phi) is 7.76. The predicted octanol–water partition coefficient (Wildman–Crippen LogP) is 4.67. The van der Waals surface area contributed by atoms with Crippen molar-refractivity contribution in [3.63, 3.8) is 0 Å². The molecule has 0 spiro atoms. The zero-order chi connectivity index (χ0) is 24.7. The molecule has 0 saturated heterocycles. The first-order valence-electron chi connectivity index (χ1n) is 10.4. The Morgan fingerprint density at radius 3 is 1.65 bits per heavy atom. The molecule has 3 aromatic carbocycles. The van der Waals surface area contributed by atoms with Crippen LogP contribution >= 0.6 is 0 Å². The summed E-state index contributed by atoms with van der Waals surface area (Å²) in [7, 11) is 0. The zero-order valence-electron chi connectivity index (χ0n) is 18.8. The second-order valence-corrected chi connectivity index (χ2v) is 7.18. The molecule has 0 bridgehead atoms. The van der Waals surface area contributed by atoms with Gasteiger partial charge in [0.25, 0.3) is 0 Å². The lowest BCUT2D eigenvalue weighted by Gasteiger charge is -2.10. The van der Waals surface area contributed by atoms with Crippen LogP contribution in [0.4, 0.5) is 0 Å². The summed E-state index contributed by atoms with van der Waals surface area (Å²) in [5, 5.41) is 0. The summed E-state index contributed by atoms with van der Waals surface area (Å²) in [6, 6.07) is 16.6. The Morgan fingerprint density at radius 2 is 1.15 bits per heavy atom. The molecular formula is C26H22O8. The van der Waals surface area contributed by atoms with Crippen LogP contribution in [0.3, 0.4) is 0 Å². The van der Waals surface area contributed by atoms with Gasteiger partial charge in [0.05, 0.1) is 11.1 Å². The van der Waals surface area contributed by atoms with Gasteiger partial charge in [0.2, 0.25) is 0 Å². The van der Waals surface area contributed by atoms with Crippen LogP contribution in [0.25, 0.3) is 0 Å². The second-order valence-electron chi connectivity index (χ2n) is 7.18. The minimum absolute atomic E-state index is 0.247. The van der Waals surface area contributed by atoms with Gasteiger partial charge in [-0.05, 0) is 79.2 Å². The van der Waals surface area contributed by atoms with Crippen molar-refractivity contribution in [3.05, 3.63) is 83.4 Å². The zero-order valence-corrected chi connectivity index (χ0v) is 18.8. The van der Waals surface area contributed by atoms with Crippen LogP contribution in [-0.4, -0.2) is 23.9 Å². The number of esters is 4. The quantitative estimate of drug-likeness (QED) is 0.368. The number of ether oxygens (including phenoxy) is 4. The molecule has 0 atom stereocenters. The molecule has 3 aromatic rings. The van der Waals surface area contributed by atoms with Crippen molar-refractivity contribution in [2.24, 2.45) is 0 Å². The summed E-state index contributed by atoms with van der Waals surface area (Å²) in [5.74, 6) is -0.775. The first kappa shape index (κ1) is 24.2. The van der Waals surface area contributed by atoms with E-state index in [4.69, 9.17) is 18.9 Å². The third kappa shape index (κ3) is 6.52. The van der Waals surface area contributed by atoms with E-state index in [2.05, 4.69) is 0 Å². The maximum atomic E-state index is 12.5. The number of rotatable bonds is 7. The van der Waals surface area contributed by atoms with Gasteiger partial charge in [-0.1, -0.05) is 6.92 Å². The van der Waals surface area contributed by atoms with Crippen LogP contribution < -0.4 is 18.9 Å². The van der Waals surface area contributed by atoms with Crippen molar-refractivity contribution in [3.8, 4) is 23.0 Å². The van der Waals surface area contributed by atoms with E-state index < -0.39 is 17.9 Å². The van der Waals surface area contributed by atoms with Gasteiger partial charge in [0, 0.05) is 13.3 Å². The van der Waals surface area contributed by atoms with E-state index in [1.54, 1.807) is 19.9 Å². The van der Waals surface area contributed by atoms with Gasteiger partial charge >= 0.3 is 23.9 Å². The summed E-state index contributed by atoms with van der Waals surface area (Å²) < 4.78 is 20.8. The molecule has 3 rings (SSSR count). The first-order chi connectivity index (χ1) is 16.2. The number of carbonyl (C=O) groups excluding carboxylic acids is 4. The van der Waals surface area contributed by atoms with Gasteiger partial charge in [-0.25, -0.2) is 9.59 Å². The van der Waals surface area contributed by atoms with Gasteiger partial charge in [0.1, 0.15) is 23.0 Å². The Hall–Kier alpha value is -4.46. The molecule has 0 radical (unpaired) electrons. The molecule has 0 aromatic heterocycles. The summed E-state index contributed by atoms with van der Waals surface area (Å²) >= 11 is 0. The highest BCUT2D eigenvalue weighted by Crippen LogP contribution is 2.25. The Bertz CT molecular complexity index is 1210. The van der Waals surface area contributed by atoms with Crippen LogP contribution in [0.15, 0.2) is 66.7 Å². The van der Waals surface area contributed by atoms with Crippen LogP contribution in [0.5, 0.6) is 23.0 Å². The van der Waals surface area contributed by atoms with Gasteiger partial charge in [-0.15, -0.1) is 0 Å². The molecule has 34 heavy (non-hydrogen) atoms. The number of carbonyl (C=O) groups is 4. The highest BCUT2D eigenvalue weighted by atomic mass is 16.5. The molecule has 0 unspecified atom stereocenters. The number of aryl methyl sites for hydroxylation is 1. The predicted molar refractivity (Wildman–Crippen MR) is 121 cm³/mol. The normalized spacial score (nSPS) is 10.2. The lowest BCUT2D eigenvalue weighted by atomic mass is 10.2. The third-order valence-electron chi connectivity index (χ3n) is 4.52. The van der Waals surface area contributed by atoms with Crippen molar-refractivity contribution < 1.29 is 38.1 Å². The van der Waals surface area contributed by atoms with Crippen molar-refractivity contribution in [1.29, 1.82) is 0 Å². The third-order valence-corrected chi connectivity index (χ3v) is 4.52. The molecule has 0 fully saturated rings. The van der Waals surface area contributed by atoms with Gasteiger partial charge in [-0.3, -0.25) is 9.59 Å². The van der Waals surface area contributed by atoms with Crippen molar-refractivity contribution in [2.75, 3.05) is 0 Å². The maximum absolute atomic E-state index is 12.5. The molecule has 0 saturated carbocycles. The van der Waals surface area contributed by atoms with E-state index >= 15 is 0 Å². The molecule has 0 aliphatic rings. The minimum Gasteiger partial charge on any atom is -0.427 e. The molecule has 8 nitrogen and oxygen atoms in total. The molecular weight excluding hydrogens is 440 g/mol. The van der Waals surface area contributed by atoms with Crippen LogP contribution in [0.2, 0.25) is 0 Å². The Morgan fingerprint density at radius 1 is 0.647 bits per heavy atom. The second kappa shape index (κ2) is 10.9. The minimum atomic E-state index is -0.595. The highest BCUT2D eigenvalue weighted by molar-refractivity contribution is 5.92. The topological polar surface area (TPSA) is 105 Å². The smallest absolute Gasteiger partial charge is 0.343 e. The summed E-state index contributed by atoms with van der Waals surface area (Å²) in [6.45, 7) is 4.68. The van der Waals surface area contributed by atoms with Crippen molar-refractivity contribution >= 4 is 23.9 Å². The Labute approximate surface area is 196 Å². The van der Waals surface area contributed by atoms with E-state index in [-0.39, 0.29) is 29.3 Å². The number of hydrogen-bond acceptors (Lipinski definition) is 8. The summed E-state index contributed by atoms with van der Waals surface area (Å²) in [6.07, 6.45) is 0.247. The van der Waals surface area contributed by atoms with Gasteiger partial charge < -0.3 is 18.9 Å². The van der Waals surface area contributed by atoms with E-state index in [0.29, 0.717) is 22.8 Å². The SMILES string of the molecule is CCC(=O)Oc1ccc(C(=O)Oc2ccc(OC(=O)c3ccc(OC(C)=O)cc3)cc2C)cc1. The van der Waals surface area contributed by atoms with Crippen molar-refractivity contribution in [2.45, 2.75) is 27.2 Å². The van der Waals surface area contributed by atoms with E-state index in [1.807, 2.05) is 0 Å². The van der Waals surface area contributed by atoms with Crippen molar-refractivity contribution in [1.82, 2.24) is 0 Å². The number of hydrogen-bond donors (Lipinski definition) is 0. The number of benzene rings is 3. The van der Waals surface area contributed by atoms with Crippen LogP contribution in [0.1, 0.15) is 46.5 Å². The monoisotopic (exact) mass is 462 g/mol. The fourth-order valence-corrected chi connectivity index (χ4v) is 2.81. The first-order valence-corrected chi connectivity index (χ1v) is 10.4. The van der Waals surface area contributed by atoms with E-state index in [1.165, 1.54) is 67.6 Å². The van der Waals surface area contributed by atoms with Gasteiger partial charge in [-0.2, -0.15) is 0 Å². The fraction of sp³-hybridized carbons (Fsp3) is 0.154. The average molecular weight is 462 g/mol. The highest BCUT2D eigenvalue weighted by Gasteiger charge is 2.14. The van der Waals surface area contributed by atoms with Gasteiger partial charge in [0.15, 0.2) is 0 Å². The average Bonchev–Trinajstić information content (AvgIpc) is 2.81. The summed E-state index contributed by atoms with van der Waals surface area (Å²) in [5.41, 5.74) is 1.14. The molecule has 174 valence electrons. The molecule has 0 heterocycles. The Balaban J connectivity index is 1.62. The maximum Gasteiger partial charge on any atom is 0.343 e. The molecule has 0 aliphatic carbocycles. The standard InChI is InChI=1S/C26H22O8/c1-4-24(28)32-21-11-7-19(8-12-21)26(30)34-23-14-13-22(15-16(23)2)33-25(29)18-5-9-20(10-6-18)31-17(3)27/h5-15H,4H2,1-3H3. The van der Waals surface area contributed by atoms with E-state index in [0.717, 1.165) is 0 Å². The molecule has 0 N–H and O–H groups in total. The fourth-order valence-electron chi connectivity index (χ4n) is 2.81. The van der Waals surface area contributed by atoms with Crippen LogP contribution in [0, 0.1) is 6.92 Å². The lowest BCUT2D eigenvalue weighted by Crippen LogP contribution is -2.11. The molecule has 0 aliphatic heterocycles.